The summed E-state index contributed by atoms with van der Waals surface area (Å²) in [4.78, 5) is 15.1. The molecular weight excluding hydrogens is 371 g/mol. The van der Waals surface area contributed by atoms with Crippen molar-refractivity contribution in [3.05, 3.63) is 35.6 Å². The lowest BCUT2D eigenvalue weighted by Gasteiger charge is -2.47. The van der Waals surface area contributed by atoms with Crippen LogP contribution in [-0.4, -0.2) is 61.6 Å². The number of nitrogens with zero attached hydrogens (tertiary/aromatic N) is 2. The molecule has 3 rings (SSSR count). The minimum atomic E-state index is -3.21. The molecule has 6 nitrogen and oxygen atoms in total. The van der Waals surface area contributed by atoms with E-state index in [4.69, 9.17) is 4.74 Å². The first-order chi connectivity index (χ1) is 12.6. The van der Waals surface area contributed by atoms with Gasteiger partial charge in [0.15, 0.2) is 0 Å². The SMILES string of the molecule is CC1(C)COC(c2ccc(F)cc2)CN1C(=O)C1CCN(S(C)(=O)=O)CC1. The van der Waals surface area contributed by atoms with Gasteiger partial charge in [-0.3, -0.25) is 4.79 Å². The van der Waals surface area contributed by atoms with Crippen molar-refractivity contribution in [3.8, 4) is 0 Å². The lowest BCUT2D eigenvalue weighted by Crippen LogP contribution is -2.58. The van der Waals surface area contributed by atoms with E-state index in [0.29, 0.717) is 39.1 Å². The molecule has 27 heavy (non-hydrogen) atoms. The van der Waals surface area contributed by atoms with Gasteiger partial charge in [0.25, 0.3) is 0 Å². The normalized spacial score (nSPS) is 24.7. The highest BCUT2D eigenvalue weighted by Gasteiger charge is 2.41. The summed E-state index contributed by atoms with van der Waals surface area (Å²) in [6, 6.07) is 6.16. The van der Waals surface area contributed by atoms with Crippen LogP contribution in [0.2, 0.25) is 0 Å². The average molecular weight is 399 g/mol. The average Bonchev–Trinajstić information content (AvgIpc) is 2.61. The van der Waals surface area contributed by atoms with Gasteiger partial charge in [-0.1, -0.05) is 12.1 Å². The van der Waals surface area contributed by atoms with Crippen LogP contribution in [0.15, 0.2) is 24.3 Å². The smallest absolute Gasteiger partial charge is 0.226 e. The molecule has 2 heterocycles. The molecule has 0 aromatic heterocycles. The minimum Gasteiger partial charge on any atom is -0.369 e. The molecule has 2 saturated heterocycles. The van der Waals surface area contributed by atoms with Crippen molar-refractivity contribution < 1.29 is 22.3 Å². The van der Waals surface area contributed by atoms with E-state index in [9.17, 15) is 17.6 Å². The van der Waals surface area contributed by atoms with Crippen LogP contribution in [0.1, 0.15) is 38.4 Å². The van der Waals surface area contributed by atoms with Crippen molar-refractivity contribution in [2.75, 3.05) is 32.5 Å². The molecule has 2 aliphatic heterocycles. The Morgan fingerprint density at radius 1 is 1.19 bits per heavy atom. The zero-order valence-electron chi connectivity index (χ0n) is 16.0. The number of piperidine rings is 1. The number of hydrogen-bond donors (Lipinski definition) is 0. The van der Waals surface area contributed by atoms with Gasteiger partial charge in [-0.05, 0) is 44.4 Å². The Bertz CT molecular complexity index is 786. The lowest BCUT2D eigenvalue weighted by molar-refractivity contribution is -0.160. The second-order valence-electron chi connectivity index (χ2n) is 8.05. The van der Waals surface area contributed by atoms with E-state index >= 15 is 0 Å². The van der Waals surface area contributed by atoms with Crippen molar-refractivity contribution in [3.63, 3.8) is 0 Å². The lowest BCUT2D eigenvalue weighted by atomic mass is 9.91. The number of hydrogen-bond acceptors (Lipinski definition) is 4. The predicted molar refractivity (Wildman–Crippen MR) is 100 cm³/mol. The minimum absolute atomic E-state index is 0.0450. The van der Waals surface area contributed by atoms with E-state index in [1.807, 2.05) is 18.7 Å². The molecule has 150 valence electrons. The fourth-order valence-electron chi connectivity index (χ4n) is 3.77. The number of rotatable bonds is 3. The van der Waals surface area contributed by atoms with Crippen LogP contribution in [0.25, 0.3) is 0 Å². The van der Waals surface area contributed by atoms with Gasteiger partial charge in [-0.25, -0.2) is 17.1 Å². The molecule has 1 atom stereocenters. The number of halogens is 1. The van der Waals surface area contributed by atoms with E-state index in [0.717, 1.165) is 5.56 Å². The molecule has 0 bridgehead atoms. The van der Waals surface area contributed by atoms with E-state index in [-0.39, 0.29) is 23.7 Å². The Morgan fingerprint density at radius 3 is 2.33 bits per heavy atom. The van der Waals surface area contributed by atoms with Gasteiger partial charge in [0, 0.05) is 19.0 Å². The summed E-state index contributed by atoms with van der Waals surface area (Å²) in [7, 11) is -3.21. The number of ether oxygens (including phenoxy) is 1. The zero-order chi connectivity index (χ0) is 19.8. The molecule has 2 fully saturated rings. The summed E-state index contributed by atoms with van der Waals surface area (Å²) < 4.78 is 43.9. The van der Waals surface area contributed by atoms with Gasteiger partial charge in [-0.15, -0.1) is 0 Å². The van der Waals surface area contributed by atoms with E-state index in [1.165, 1.54) is 22.7 Å². The van der Waals surface area contributed by atoms with Gasteiger partial charge in [-0.2, -0.15) is 0 Å². The third kappa shape index (κ3) is 4.50. The van der Waals surface area contributed by atoms with Gasteiger partial charge < -0.3 is 9.64 Å². The first-order valence-corrected chi connectivity index (χ1v) is 11.1. The molecule has 0 radical (unpaired) electrons. The molecule has 1 unspecified atom stereocenters. The van der Waals surface area contributed by atoms with Gasteiger partial charge in [0.05, 0.1) is 24.9 Å². The topological polar surface area (TPSA) is 66.9 Å². The molecule has 1 aromatic rings. The third-order valence-corrected chi connectivity index (χ3v) is 6.80. The Hall–Kier alpha value is -1.51. The molecule has 1 aromatic carbocycles. The Morgan fingerprint density at radius 2 is 1.78 bits per heavy atom. The van der Waals surface area contributed by atoms with Crippen LogP contribution in [-0.2, 0) is 19.6 Å². The van der Waals surface area contributed by atoms with Crippen LogP contribution < -0.4 is 0 Å². The summed E-state index contributed by atoms with van der Waals surface area (Å²) >= 11 is 0. The van der Waals surface area contributed by atoms with Crippen LogP contribution in [0.4, 0.5) is 4.39 Å². The van der Waals surface area contributed by atoms with E-state index in [2.05, 4.69) is 0 Å². The van der Waals surface area contributed by atoms with E-state index < -0.39 is 15.6 Å². The highest BCUT2D eigenvalue weighted by atomic mass is 32.2. The van der Waals surface area contributed by atoms with E-state index in [1.54, 1.807) is 12.1 Å². The standard InChI is InChI=1S/C19H27FN2O4S/c1-19(2)13-26-17(14-4-6-16(20)7-5-14)12-22(19)18(23)15-8-10-21(11-9-15)27(3,24)25/h4-7,15,17H,8-13H2,1-3H3. The molecule has 1 amide bonds. The van der Waals surface area contributed by atoms with Crippen molar-refractivity contribution in [2.24, 2.45) is 5.92 Å². The Labute approximate surface area is 160 Å². The molecule has 8 heteroatoms. The van der Waals surface area contributed by atoms with Crippen LogP contribution in [0, 0.1) is 11.7 Å². The number of amides is 1. The van der Waals surface area contributed by atoms with Crippen molar-refractivity contribution >= 4 is 15.9 Å². The van der Waals surface area contributed by atoms with Crippen LogP contribution in [0.3, 0.4) is 0 Å². The molecular formula is C19H27FN2O4S. The number of carbonyl (C=O) groups is 1. The zero-order valence-corrected chi connectivity index (χ0v) is 16.8. The molecule has 0 saturated carbocycles. The predicted octanol–water partition coefficient (Wildman–Crippen LogP) is 2.18. The Kier molecular flexibility index (Phi) is 5.61. The fraction of sp³-hybridized carbons (Fsp3) is 0.632. The highest BCUT2D eigenvalue weighted by molar-refractivity contribution is 7.88. The summed E-state index contributed by atoms with van der Waals surface area (Å²) in [6.07, 6.45) is 1.97. The van der Waals surface area contributed by atoms with Gasteiger partial charge >= 0.3 is 0 Å². The number of carbonyl (C=O) groups excluding carboxylic acids is 1. The van der Waals surface area contributed by atoms with Crippen LogP contribution in [0.5, 0.6) is 0 Å². The molecule has 0 spiro atoms. The van der Waals surface area contributed by atoms with Gasteiger partial charge in [0.1, 0.15) is 11.9 Å². The first kappa shape index (κ1) is 20.2. The third-order valence-electron chi connectivity index (χ3n) is 5.50. The van der Waals surface area contributed by atoms with Gasteiger partial charge in [0.2, 0.25) is 15.9 Å². The second-order valence-corrected chi connectivity index (χ2v) is 10.0. The van der Waals surface area contributed by atoms with Crippen molar-refractivity contribution in [1.82, 2.24) is 9.21 Å². The number of benzene rings is 1. The van der Waals surface area contributed by atoms with Crippen LogP contribution >= 0.6 is 0 Å². The second kappa shape index (κ2) is 7.48. The summed E-state index contributed by atoms with van der Waals surface area (Å²) in [5.74, 6) is -0.446. The first-order valence-electron chi connectivity index (χ1n) is 9.21. The Balaban J connectivity index is 1.71. The monoisotopic (exact) mass is 398 g/mol. The molecule has 0 N–H and O–H groups in total. The summed E-state index contributed by atoms with van der Waals surface area (Å²) in [6.45, 7) is 5.49. The summed E-state index contributed by atoms with van der Waals surface area (Å²) in [5, 5.41) is 0. The largest absolute Gasteiger partial charge is 0.369 e. The molecule has 2 aliphatic rings. The fourth-order valence-corrected chi connectivity index (χ4v) is 4.64. The molecule has 0 aliphatic carbocycles. The highest BCUT2D eigenvalue weighted by Crippen LogP contribution is 2.33. The van der Waals surface area contributed by atoms with Crippen molar-refractivity contribution in [1.29, 1.82) is 0 Å². The quantitative estimate of drug-likeness (QED) is 0.783. The van der Waals surface area contributed by atoms with Crippen molar-refractivity contribution in [2.45, 2.75) is 38.3 Å². The maximum absolute atomic E-state index is 13.2. The summed E-state index contributed by atoms with van der Waals surface area (Å²) in [5.41, 5.74) is 0.401. The number of sulfonamides is 1. The maximum Gasteiger partial charge on any atom is 0.226 e. The maximum atomic E-state index is 13.2. The number of morpholine rings is 1.